The molecule has 0 aromatic rings. The molecule has 0 unspecified atom stereocenters. The Balaban J connectivity index is 2.39. The van der Waals surface area contributed by atoms with E-state index in [4.69, 9.17) is 0 Å². The van der Waals surface area contributed by atoms with Gasteiger partial charge in [0.1, 0.15) is 0 Å². The molecule has 0 nitrogen and oxygen atoms in total. The molecule has 70 valence electrons. The molecule has 0 amide bonds. The molecule has 0 aliphatic heterocycles. The average Bonchev–Trinajstić information content (AvgIpc) is 2.18. The van der Waals surface area contributed by atoms with Crippen LogP contribution in [0.2, 0.25) is 0 Å². The summed E-state index contributed by atoms with van der Waals surface area (Å²) in [5.74, 6) is 0. The van der Waals surface area contributed by atoms with Crippen molar-refractivity contribution in [3.63, 3.8) is 0 Å². The lowest BCUT2D eigenvalue weighted by atomic mass is 10.1. The molecule has 0 N–H and O–H groups in total. The van der Waals surface area contributed by atoms with E-state index in [1.807, 2.05) is 0 Å². The van der Waals surface area contributed by atoms with Gasteiger partial charge in [-0.15, -0.1) is 0 Å². The summed E-state index contributed by atoms with van der Waals surface area (Å²) in [6, 6.07) is 0. The lowest BCUT2D eigenvalue weighted by Gasteiger charge is -1.93. The zero-order valence-corrected chi connectivity index (χ0v) is 8.15. The summed E-state index contributed by atoms with van der Waals surface area (Å²) >= 11 is 0. The van der Waals surface area contributed by atoms with Gasteiger partial charge in [0.25, 0.3) is 0 Å². The smallest absolute Gasteiger partial charge is 0.0348 e. The van der Waals surface area contributed by atoms with Gasteiger partial charge in [-0.2, -0.15) is 0 Å². The molecule has 1 rings (SSSR count). The number of hydrogen-bond acceptors (Lipinski definition) is 0. The quantitative estimate of drug-likeness (QED) is 0.517. The van der Waals surface area contributed by atoms with Gasteiger partial charge < -0.3 is 0 Å². The van der Waals surface area contributed by atoms with Crippen molar-refractivity contribution in [3.8, 4) is 0 Å². The molecule has 0 bridgehead atoms. The molecule has 0 heterocycles. The van der Waals surface area contributed by atoms with Gasteiger partial charge in [-0.1, -0.05) is 55.0 Å². The molecule has 0 radical (unpaired) electrons. The van der Waals surface area contributed by atoms with Crippen LogP contribution in [0.25, 0.3) is 0 Å². The van der Waals surface area contributed by atoms with E-state index in [1.165, 1.54) is 32.1 Å². The van der Waals surface area contributed by atoms with E-state index < -0.39 is 0 Å². The summed E-state index contributed by atoms with van der Waals surface area (Å²) in [5.41, 5.74) is 0. The third-order valence-electron chi connectivity index (χ3n) is 2.07. The highest BCUT2D eigenvalue weighted by Crippen LogP contribution is 2.04. The van der Waals surface area contributed by atoms with E-state index in [9.17, 15) is 0 Å². The van der Waals surface area contributed by atoms with Crippen molar-refractivity contribution in [2.45, 2.75) is 32.1 Å². The second-order valence-electron chi connectivity index (χ2n) is 3.26. The fourth-order valence-corrected chi connectivity index (χ4v) is 1.31. The van der Waals surface area contributed by atoms with Crippen LogP contribution in [0.15, 0.2) is 48.6 Å². The summed E-state index contributed by atoms with van der Waals surface area (Å²) < 4.78 is 0. The van der Waals surface area contributed by atoms with E-state index in [2.05, 4.69) is 48.6 Å². The summed E-state index contributed by atoms with van der Waals surface area (Å²) in [7, 11) is 0. The molecule has 0 saturated carbocycles. The van der Waals surface area contributed by atoms with E-state index >= 15 is 0 Å². The number of hydrogen-bond donors (Lipinski definition) is 0. The molecule has 0 spiro atoms. The maximum absolute atomic E-state index is 2.25. The predicted octanol–water partition coefficient (Wildman–Crippen LogP) is 4.18. The number of allylic oxidation sites excluding steroid dienone is 8. The third kappa shape index (κ3) is 6.15. The van der Waals surface area contributed by atoms with Crippen LogP contribution in [0, 0.1) is 0 Å². The first-order chi connectivity index (χ1) is 6.50. The molecular formula is C13H18. The largest absolute Gasteiger partial charge is 0.0845 e. The van der Waals surface area contributed by atoms with Crippen molar-refractivity contribution in [3.05, 3.63) is 48.6 Å². The summed E-state index contributed by atoms with van der Waals surface area (Å²) in [6.07, 6.45) is 23.5. The molecule has 1 aliphatic carbocycles. The molecule has 0 fully saturated rings. The molecule has 13 heavy (non-hydrogen) atoms. The van der Waals surface area contributed by atoms with Crippen molar-refractivity contribution in [2.24, 2.45) is 0 Å². The first-order valence-electron chi connectivity index (χ1n) is 5.15. The Morgan fingerprint density at radius 1 is 0.462 bits per heavy atom. The van der Waals surface area contributed by atoms with E-state index in [1.54, 1.807) is 0 Å². The first-order valence-corrected chi connectivity index (χ1v) is 5.15. The summed E-state index contributed by atoms with van der Waals surface area (Å²) in [5, 5.41) is 0. The highest BCUT2D eigenvalue weighted by atomic mass is 13.9. The van der Waals surface area contributed by atoms with Crippen molar-refractivity contribution < 1.29 is 0 Å². The Labute approximate surface area is 81.4 Å². The maximum Gasteiger partial charge on any atom is -0.0348 e. The average molecular weight is 174 g/mol. The predicted molar refractivity (Wildman–Crippen MR) is 59.6 cm³/mol. The van der Waals surface area contributed by atoms with Gasteiger partial charge in [0.15, 0.2) is 0 Å². The molecule has 0 atom stereocenters. The van der Waals surface area contributed by atoms with Crippen LogP contribution < -0.4 is 0 Å². The van der Waals surface area contributed by atoms with Gasteiger partial charge in [0, 0.05) is 0 Å². The van der Waals surface area contributed by atoms with Crippen molar-refractivity contribution >= 4 is 0 Å². The van der Waals surface area contributed by atoms with Crippen molar-refractivity contribution in [1.29, 1.82) is 0 Å². The Morgan fingerprint density at radius 2 is 0.923 bits per heavy atom. The minimum Gasteiger partial charge on any atom is -0.0845 e. The van der Waals surface area contributed by atoms with Crippen LogP contribution in [-0.2, 0) is 0 Å². The number of rotatable bonds is 0. The Morgan fingerprint density at radius 3 is 1.46 bits per heavy atom. The lowest BCUT2D eigenvalue weighted by molar-refractivity contribution is 0.696. The van der Waals surface area contributed by atoms with E-state index in [-0.39, 0.29) is 0 Å². The summed E-state index contributed by atoms with van der Waals surface area (Å²) in [6.45, 7) is 0. The Hall–Kier alpha value is -1.04. The standard InChI is InChI=1S/C13H18/c1-2-4-6-8-10-12-13-11-9-7-5-3-1/h1-8H,9-13H2/b3-1?,4-2?,7-5+,8-6+. The molecular weight excluding hydrogens is 156 g/mol. The van der Waals surface area contributed by atoms with Crippen LogP contribution in [0.4, 0.5) is 0 Å². The molecule has 0 heteroatoms. The van der Waals surface area contributed by atoms with E-state index in [0.717, 1.165) is 0 Å². The highest BCUT2D eigenvalue weighted by Gasteiger charge is 1.85. The first kappa shape index (κ1) is 10.0. The summed E-state index contributed by atoms with van der Waals surface area (Å²) in [4.78, 5) is 0. The topological polar surface area (TPSA) is 0 Å². The molecule has 0 aromatic carbocycles. The van der Waals surface area contributed by atoms with Gasteiger partial charge in [0.2, 0.25) is 0 Å². The second-order valence-corrected chi connectivity index (χ2v) is 3.26. The minimum atomic E-state index is 1.22. The van der Waals surface area contributed by atoms with Gasteiger partial charge >= 0.3 is 0 Å². The van der Waals surface area contributed by atoms with Crippen LogP contribution in [0.1, 0.15) is 32.1 Å². The van der Waals surface area contributed by atoms with Crippen LogP contribution in [0.5, 0.6) is 0 Å². The van der Waals surface area contributed by atoms with Gasteiger partial charge in [0.05, 0.1) is 0 Å². The van der Waals surface area contributed by atoms with Gasteiger partial charge in [-0.3, -0.25) is 0 Å². The Kier molecular flexibility index (Phi) is 5.87. The van der Waals surface area contributed by atoms with Crippen LogP contribution in [-0.4, -0.2) is 0 Å². The molecule has 0 saturated heterocycles. The SMILES string of the molecule is C1=C/C=C/CCCCC/C=C/C=C1. The molecule has 0 aromatic heterocycles. The minimum absolute atomic E-state index is 1.22. The van der Waals surface area contributed by atoms with E-state index in [0.29, 0.717) is 0 Å². The lowest BCUT2D eigenvalue weighted by Crippen LogP contribution is -1.74. The monoisotopic (exact) mass is 174 g/mol. The molecule has 1 aliphatic rings. The maximum atomic E-state index is 2.25. The third-order valence-corrected chi connectivity index (χ3v) is 2.07. The second kappa shape index (κ2) is 7.60. The normalized spacial score (nSPS) is 24.0. The van der Waals surface area contributed by atoms with Crippen LogP contribution >= 0.6 is 0 Å². The fourth-order valence-electron chi connectivity index (χ4n) is 1.31. The zero-order valence-electron chi connectivity index (χ0n) is 8.15. The van der Waals surface area contributed by atoms with Crippen molar-refractivity contribution in [1.82, 2.24) is 0 Å². The zero-order chi connectivity index (χ0) is 9.19. The fraction of sp³-hybridized carbons (Fsp3) is 0.385. The van der Waals surface area contributed by atoms with Crippen LogP contribution in [0.3, 0.4) is 0 Å². The van der Waals surface area contributed by atoms with Gasteiger partial charge in [-0.05, 0) is 25.7 Å². The Bertz CT molecular complexity index is 192. The van der Waals surface area contributed by atoms with Crippen molar-refractivity contribution in [2.75, 3.05) is 0 Å². The highest BCUT2D eigenvalue weighted by molar-refractivity contribution is 5.15. The van der Waals surface area contributed by atoms with Gasteiger partial charge in [-0.25, -0.2) is 0 Å².